The van der Waals surface area contributed by atoms with Gasteiger partial charge in [0.1, 0.15) is 0 Å². The van der Waals surface area contributed by atoms with Gasteiger partial charge in [-0.15, -0.1) is 0 Å². The van der Waals surface area contributed by atoms with E-state index in [1.54, 1.807) is 11.3 Å². The summed E-state index contributed by atoms with van der Waals surface area (Å²) in [6, 6.07) is 10.8. The average molecular weight is 401 g/mol. The van der Waals surface area contributed by atoms with Crippen molar-refractivity contribution < 1.29 is 4.74 Å². The number of morpholine rings is 1. The number of hydrogen-bond acceptors (Lipinski definition) is 4. The molecule has 0 bridgehead atoms. The van der Waals surface area contributed by atoms with Crippen LogP contribution < -0.4 is 10.6 Å². The van der Waals surface area contributed by atoms with Gasteiger partial charge in [-0.3, -0.25) is 4.90 Å². The van der Waals surface area contributed by atoms with E-state index in [1.807, 2.05) is 0 Å². The highest BCUT2D eigenvalue weighted by Crippen LogP contribution is 2.17. The van der Waals surface area contributed by atoms with Crippen LogP contribution >= 0.6 is 11.3 Å². The molecule has 5 nitrogen and oxygen atoms in total. The number of rotatable bonds is 8. The normalized spacial score (nSPS) is 16.7. The number of aliphatic imine (C=N–C) groups is 1. The topological polar surface area (TPSA) is 48.9 Å². The summed E-state index contributed by atoms with van der Waals surface area (Å²) >= 11 is 1.75. The number of nitrogens with one attached hydrogen (secondary N) is 2. The summed E-state index contributed by atoms with van der Waals surface area (Å²) in [6.07, 6.45) is 0. The summed E-state index contributed by atoms with van der Waals surface area (Å²) in [5.74, 6) is 1.34. The van der Waals surface area contributed by atoms with Crippen molar-refractivity contribution in [3.63, 3.8) is 0 Å². The van der Waals surface area contributed by atoms with Gasteiger partial charge >= 0.3 is 0 Å². The van der Waals surface area contributed by atoms with Crippen molar-refractivity contribution in [2.45, 2.75) is 32.9 Å². The van der Waals surface area contributed by atoms with Crippen LogP contribution in [0.3, 0.4) is 0 Å². The molecule has 1 aliphatic rings. The molecule has 0 saturated carbocycles. The summed E-state index contributed by atoms with van der Waals surface area (Å²) in [6.45, 7) is 11.4. The Balaban J connectivity index is 1.60. The fraction of sp³-hybridized carbons (Fsp3) is 0.500. The van der Waals surface area contributed by atoms with E-state index in [2.05, 4.69) is 70.5 Å². The molecule has 1 aliphatic heterocycles. The lowest BCUT2D eigenvalue weighted by Gasteiger charge is -2.27. The predicted molar refractivity (Wildman–Crippen MR) is 118 cm³/mol. The van der Waals surface area contributed by atoms with Gasteiger partial charge in [0.25, 0.3) is 0 Å². The third-order valence-electron chi connectivity index (χ3n) is 5.06. The quantitative estimate of drug-likeness (QED) is 0.526. The maximum Gasteiger partial charge on any atom is 0.191 e. The minimum absolute atomic E-state index is 0.462. The van der Waals surface area contributed by atoms with Crippen molar-refractivity contribution in [2.75, 3.05) is 39.4 Å². The molecule has 0 amide bonds. The van der Waals surface area contributed by atoms with Crippen LogP contribution in [0.5, 0.6) is 0 Å². The van der Waals surface area contributed by atoms with Crippen LogP contribution in [0.4, 0.5) is 0 Å². The summed E-state index contributed by atoms with van der Waals surface area (Å²) < 4.78 is 5.47. The second kappa shape index (κ2) is 11.2. The van der Waals surface area contributed by atoms with Gasteiger partial charge in [0, 0.05) is 32.7 Å². The fourth-order valence-corrected chi connectivity index (χ4v) is 4.08. The Hall–Kier alpha value is -1.89. The van der Waals surface area contributed by atoms with Crippen molar-refractivity contribution in [2.24, 2.45) is 4.99 Å². The van der Waals surface area contributed by atoms with Crippen molar-refractivity contribution >= 4 is 17.3 Å². The first-order valence-corrected chi connectivity index (χ1v) is 11.1. The Bertz CT molecular complexity index is 726. The van der Waals surface area contributed by atoms with E-state index < -0.39 is 0 Å². The third-order valence-corrected chi connectivity index (χ3v) is 5.76. The Kier molecular flexibility index (Phi) is 8.33. The first-order chi connectivity index (χ1) is 13.8. The van der Waals surface area contributed by atoms with Gasteiger partial charge in [-0.25, -0.2) is 4.99 Å². The lowest BCUT2D eigenvalue weighted by Crippen LogP contribution is -2.39. The van der Waals surface area contributed by atoms with Crippen molar-refractivity contribution in [1.82, 2.24) is 15.5 Å². The van der Waals surface area contributed by atoms with E-state index in [0.29, 0.717) is 12.5 Å². The summed E-state index contributed by atoms with van der Waals surface area (Å²) in [4.78, 5) is 7.30. The van der Waals surface area contributed by atoms with Crippen molar-refractivity contribution in [3.8, 4) is 0 Å². The smallest absolute Gasteiger partial charge is 0.191 e. The average Bonchev–Trinajstić information content (AvgIpc) is 3.27. The van der Waals surface area contributed by atoms with Crippen LogP contribution in [-0.2, 0) is 17.8 Å². The molecule has 152 valence electrons. The molecule has 0 aliphatic carbocycles. The number of guanidine groups is 1. The van der Waals surface area contributed by atoms with Gasteiger partial charge in [0.2, 0.25) is 0 Å². The zero-order valence-electron chi connectivity index (χ0n) is 17.0. The lowest BCUT2D eigenvalue weighted by atomic mass is 10.1. The van der Waals surface area contributed by atoms with Gasteiger partial charge in [0.05, 0.1) is 19.8 Å². The SMILES string of the molecule is CCNC(=NCc1ccccc1CN1CCOCC1)NCC(C)c1ccsc1. The van der Waals surface area contributed by atoms with Gasteiger partial charge in [0.15, 0.2) is 5.96 Å². The minimum Gasteiger partial charge on any atom is -0.379 e. The molecule has 1 saturated heterocycles. The molecule has 1 atom stereocenters. The summed E-state index contributed by atoms with van der Waals surface area (Å²) in [5.41, 5.74) is 4.02. The Morgan fingerprint density at radius 2 is 1.96 bits per heavy atom. The van der Waals surface area contributed by atoms with E-state index in [4.69, 9.17) is 9.73 Å². The molecular formula is C22H32N4OS. The maximum absolute atomic E-state index is 5.47. The van der Waals surface area contributed by atoms with Crippen LogP contribution in [0.1, 0.15) is 36.5 Å². The molecule has 1 aromatic heterocycles. The molecule has 0 spiro atoms. The fourth-order valence-electron chi connectivity index (χ4n) is 3.30. The van der Waals surface area contributed by atoms with Crippen LogP contribution in [0.15, 0.2) is 46.1 Å². The maximum atomic E-state index is 5.47. The van der Waals surface area contributed by atoms with E-state index in [1.165, 1.54) is 16.7 Å². The van der Waals surface area contributed by atoms with Gasteiger partial charge in [-0.1, -0.05) is 31.2 Å². The summed E-state index contributed by atoms with van der Waals surface area (Å²) in [7, 11) is 0. The standard InChI is InChI=1S/C22H32N4OS/c1-3-23-22(24-14-18(2)21-8-13-28-17-21)25-15-19-6-4-5-7-20(19)16-26-9-11-27-12-10-26/h4-8,13,17-18H,3,9-12,14-16H2,1-2H3,(H2,23,24,25). The third kappa shape index (κ3) is 6.33. The number of ether oxygens (including phenoxy) is 1. The highest BCUT2D eigenvalue weighted by atomic mass is 32.1. The summed E-state index contributed by atoms with van der Waals surface area (Å²) in [5, 5.41) is 11.2. The molecule has 3 rings (SSSR count). The second-order valence-corrected chi connectivity index (χ2v) is 7.97. The van der Waals surface area contributed by atoms with E-state index in [0.717, 1.165) is 51.9 Å². The minimum atomic E-state index is 0.462. The van der Waals surface area contributed by atoms with E-state index >= 15 is 0 Å². The van der Waals surface area contributed by atoms with Crippen LogP contribution in [0.25, 0.3) is 0 Å². The molecule has 2 heterocycles. The number of nitrogens with zero attached hydrogens (tertiary/aromatic N) is 2. The molecule has 28 heavy (non-hydrogen) atoms. The highest BCUT2D eigenvalue weighted by Gasteiger charge is 2.13. The van der Waals surface area contributed by atoms with Crippen molar-refractivity contribution in [1.29, 1.82) is 0 Å². The van der Waals surface area contributed by atoms with Crippen molar-refractivity contribution in [3.05, 3.63) is 57.8 Å². The molecule has 0 radical (unpaired) electrons. The molecular weight excluding hydrogens is 368 g/mol. The van der Waals surface area contributed by atoms with Gasteiger partial charge in [-0.05, 0) is 46.4 Å². The zero-order chi connectivity index (χ0) is 19.6. The van der Waals surface area contributed by atoms with Gasteiger partial charge < -0.3 is 15.4 Å². The first-order valence-electron chi connectivity index (χ1n) is 10.2. The molecule has 1 fully saturated rings. The van der Waals surface area contributed by atoms with Crippen LogP contribution in [-0.4, -0.2) is 50.3 Å². The number of thiophene rings is 1. The number of benzene rings is 1. The second-order valence-electron chi connectivity index (χ2n) is 7.19. The van der Waals surface area contributed by atoms with Crippen LogP contribution in [0.2, 0.25) is 0 Å². The monoisotopic (exact) mass is 400 g/mol. The van der Waals surface area contributed by atoms with Crippen LogP contribution in [0, 0.1) is 0 Å². The molecule has 2 N–H and O–H groups in total. The molecule has 1 unspecified atom stereocenters. The zero-order valence-corrected chi connectivity index (χ0v) is 17.8. The lowest BCUT2D eigenvalue weighted by molar-refractivity contribution is 0.0341. The number of hydrogen-bond donors (Lipinski definition) is 2. The van der Waals surface area contributed by atoms with E-state index in [-0.39, 0.29) is 0 Å². The predicted octanol–water partition coefficient (Wildman–Crippen LogP) is 3.44. The van der Waals surface area contributed by atoms with E-state index in [9.17, 15) is 0 Å². The highest BCUT2D eigenvalue weighted by molar-refractivity contribution is 7.07. The molecule has 1 aromatic carbocycles. The molecule has 6 heteroatoms. The Labute approximate surface area is 172 Å². The Morgan fingerprint density at radius 1 is 1.18 bits per heavy atom. The molecule has 2 aromatic rings. The largest absolute Gasteiger partial charge is 0.379 e. The Morgan fingerprint density at radius 3 is 2.68 bits per heavy atom. The first kappa shape index (κ1) is 20.8. The van der Waals surface area contributed by atoms with Gasteiger partial charge in [-0.2, -0.15) is 11.3 Å².